The zero-order valence-electron chi connectivity index (χ0n) is 17.8. The first-order valence-corrected chi connectivity index (χ1v) is 13.7. The summed E-state index contributed by atoms with van der Waals surface area (Å²) in [4.78, 5) is 12.0. The first kappa shape index (κ1) is 23.7. The summed E-state index contributed by atoms with van der Waals surface area (Å²) in [6.07, 6.45) is 0.602. The van der Waals surface area contributed by atoms with E-state index in [0.717, 1.165) is 3.97 Å². The van der Waals surface area contributed by atoms with E-state index in [-0.39, 0.29) is 47.0 Å². The third kappa shape index (κ3) is 4.40. The summed E-state index contributed by atoms with van der Waals surface area (Å²) in [6, 6.07) is 13.5. The first-order chi connectivity index (χ1) is 15.7. The van der Waals surface area contributed by atoms with Crippen molar-refractivity contribution >= 4 is 48.5 Å². The number of piperidine rings is 1. The Morgan fingerprint density at radius 3 is 2.30 bits per heavy atom. The Bertz CT molecular complexity index is 1390. The second-order valence-electron chi connectivity index (χ2n) is 7.70. The highest BCUT2D eigenvalue weighted by molar-refractivity contribution is 7.92. The van der Waals surface area contributed by atoms with Crippen LogP contribution in [0.3, 0.4) is 0 Å². The number of aromatic nitrogens is 1. The van der Waals surface area contributed by atoms with Gasteiger partial charge in [-0.1, -0.05) is 29.8 Å². The predicted molar refractivity (Wildman–Crippen MR) is 124 cm³/mol. The molecule has 1 fully saturated rings. The number of carbonyl (C=O) groups excluding carboxylic acids is 1. The Balaban J connectivity index is 1.79. The first-order valence-electron chi connectivity index (χ1n) is 10.4. The number of ether oxygens (including phenoxy) is 1. The van der Waals surface area contributed by atoms with Gasteiger partial charge < -0.3 is 4.74 Å². The van der Waals surface area contributed by atoms with E-state index in [1.165, 1.54) is 40.7 Å². The molecule has 1 aromatic heterocycles. The van der Waals surface area contributed by atoms with Crippen molar-refractivity contribution in [3.63, 3.8) is 0 Å². The molecule has 0 saturated carbocycles. The number of fused-ring (bicyclic) bond motifs is 1. The molecule has 1 aliphatic heterocycles. The number of hydrogen-bond acceptors (Lipinski definition) is 6. The molecule has 0 unspecified atom stereocenters. The van der Waals surface area contributed by atoms with Crippen LogP contribution < -0.4 is 0 Å². The van der Waals surface area contributed by atoms with E-state index in [4.69, 9.17) is 16.3 Å². The fourth-order valence-corrected chi connectivity index (χ4v) is 7.71. The van der Waals surface area contributed by atoms with E-state index in [1.807, 2.05) is 0 Å². The van der Waals surface area contributed by atoms with E-state index in [0.29, 0.717) is 23.3 Å². The lowest BCUT2D eigenvalue weighted by Gasteiger charge is -2.30. The maximum atomic E-state index is 13.6. The Morgan fingerprint density at radius 1 is 1.00 bits per heavy atom. The van der Waals surface area contributed by atoms with E-state index in [2.05, 4.69) is 0 Å². The molecule has 0 bridgehead atoms. The number of carbonyl (C=O) groups is 1. The van der Waals surface area contributed by atoms with Gasteiger partial charge in [0.25, 0.3) is 20.0 Å². The SMILES string of the molecule is CCOC(=O)C1CCN(S(=O)(=O)c2cc3cc(Cl)ccc3n2S(=O)(=O)c2ccccc2)CC1. The molecule has 11 heteroatoms. The zero-order valence-corrected chi connectivity index (χ0v) is 20.2. The van der Waals surface area contributed by atoms with Gasteiger partial charge in [0.1, 0.15) is 0 Å². The van der Waals surface area contributed by atoms with Gasteiger partial charge in [-0.15, -0.1) is 0 Å². The highest BCUT2D eigenvalue weighted by atomic mass is 35.5. The Morgan fingerprint density at radius 2 is 1.67 bits per heavy atom. The zero-order chi connectivity index (χ0) is 23.8. The maximum Gasteiger partial charge on any atom is 0.309 e. The summed E-state index contributed by atoms with van der Waals surface area (Å²) in [7, 11) is -8.42. The third-order valence-electron chi connectivity index (χ3n) is 5.65. The van der Waals surface area contributed by atoms with Crippen molar-refractivity contribution in [3.8, 4) is 0 Å². The highest BCUT2D eigenvalue weighted by Crippen LogP contribution is 2.33. The van der Waals surface area contributed by atoms with E-state index < -0.39 is 20.0 Å². The summed E-state index contributed by atoms with van der Waals surface area (Å²) in [6.45, 7) is 2.14. The van der Waals surface area contributed by atoms with Gasteiger partial charge in [-0.05, 0) is 56.2 Å². The van der Waals surface area contributed by atoms with Crippen molar-refractivity contribution in [1.29, 1.82) is 0 Å². The van der Waals surface area contributed by atoms with Gasteiger partial charge in [0.05, 0.1) is 22.9 Å². The fourth-order valence-electron chi connectivity index (χ4n) is 3.99. The van der Waals surface area contributed by atoms with Crippen molar-refractivity contribution in [2.75, 3.05) is 19.7 Å². The number of halogens is 1. The van der Waals surface area contributed by atoms with Gasteiger partial charge in [0.2, 0.25) is 0 Å². The lowest BCUT2D eigenvalue weighted by molar-refractivity contribution is -0.149. The minimum absolute atomic E-state index is 0.0325. The monoisotopic (exact) mass is 510 g/mol. The second kappa shape index (κ2) is 9.09. The Labute approximate surface area is 197 Å². The molecular formula is C22H23ClN2O6S2. The van der Waals surface area contributed by atoms with Crippen LogP contribution in [0.15, 0.2) is 64.5 Å². The lowest BCUT2D eigenvalue weighted by atomic mass is 9.98. The molecule has 0 atom stereocenters. The molecular weight excluding hydrogens is 488 g/mol. The normalized spacial score (nSPS) is 16.2. The number of rotatable bonds is 6. The van der Waals surface area contributed by atoms with Crippen LogP contribution in [0.4, 0.5) is 0 Å². The van der Waals surface area contributed by atoms with E-state index in [9.17, 15) is 21.6 Å². The minimum atomic E-state index is -4.23. The third-order valence-corrected chi connectivity index (χ3v) is 9.61. The van der Waals surface area contributed by atoms with Gasteiger partial charge in [-0.2, -0.15) is 4.31 Å². The second-order valence-corrected chi connectivity index (χ2v) is 11.8. The van der Waals surface area contributed by atoms with Crippen molar-refractivity contribution < 1.29 is 26.4 Å². The summed E-state index contributed by atoms with van der Waals surface area (Å²) in [5.74, 6) is -0.723. The fraction of sp³-hybridized carbons (Fsp3) is 0.318. The van der Waals surface area contributed by atoms with Crippen LogP contribution in [-0.4, -0.2) is 50.8 Å². The van der Waals surface area contributed by atoms with Crippen molar-refractivity contribution in [2.24, 2.45) is 5.92 Å². The van der Waals surface area contributed by atoms with Gasteiger partial charge in [0.15, 0.2) is 5.03 Å². The van der Waals surface area contributed by atoms with Gasteiger partial charge in [-0.3, -0.25) is 4.79 Å². The molecule has 2 heterocycles. The molecule has 0 aliphatic carbocycles. The van der Waals surface area contributed by atoms with E-state index in [1.54, 1.807) is 25.1 Å². The topological polar surface area (TPSA) is 103 Å². The van der Waals surface area contributed by atoms with Gasteiger partial charge >= 0.3 is 5.97 Å². The molecule has 0 N–H and O–H groups in total. The molecule has 4 rings (SSSR count). The molecule has 1 saturated heterocycles. The van der Waals surface area contributed by atoms with Gasteiger partial charge in [-0.25, -0.2) is 20.8 Å². The van der Waals surface area contributed by atoms with Crippen LogP contribution >= 0.6 is 11.6 Å². The molecule has 33 heavy (non-hydrogen) atoms. The van der Waals surface area contributed by atoms with Crippen LogP contribution in [0.1, 0.15) is 19.8 Å². The molecule has 0 spiro atoms. The number of hydrogen-bond donors (Lipinski definition) is 0. The van der Waals surface area contributed by atoms with Crippen LogP contribution in [-0.2, 0) is 29.6 Å². The number of benzene rings is 2. The van der Waals surface area contributed by atoms with Crippen LogP contribution in [0.5, 0.6) is 0 Å². The number of sulfonamides is 1. The summed E-state index contributed by atoms with van der Waals surface area (Å²) in [5, 5.41) is 0.385. The maximum absolute atomic E-state index is 13.6. The van der Waals surface area contributed by atoms with Crippen molar-refractivity contribution in [1.82, 2.24) is 8.28 Å². The van der Waals surface area contributed by atoms with Crippen LogP contribution in [0.2, 0.25) is 5.02 Å². The quantitative estimate of drug-likeness (QED) is 0.470. The van der Waals surface area contributed by atoms with Crippen LogP contribution in [0, 0.1) is 5.92 Å². The van der Waals surface area contributed by atoms with E-state index >= 15 is 0 Å². The molecule has 0 amide bonds. The predicted octanol–water partition coefficient (Wildman–Crippen LogP) is 3.50. The molecule has 1 aliphatic rings. The molecule has 3 aromatic rings. The Hall–Kier alpha value is -2.40. The summed E-state index contributed by atoms with van der Waals surface area (Å²) < 4.78 is 61.5. The number of esters is 1. The lowest BCUT2D eigenvalue weighted by Crippen LogP contribution is -2.41. The van der Waals surface area contributed by atoms with Gasteiger partial charge in [0, 0.05) is 23.5 Å². The standard InChI is InChI=1S/C22H23ClN2O6S2/c1-2-31-22(26)16-10-12-24(13-11-16)33(29,30)21-15-17-14-18(23)8-9-20(17)25(21)32(27,28)19-6-4-3-5-7-19/h3-9,14-16H,2,10-13H2,1H3. The van der Waals surface area contributed by atoms with Crippen molar-refractivity contribution in [3.05, 3.63) is 59.6 Å². The molecule has 8 nitrogen and oxygen atoms in total. The average Bonchev–Trinajstić information content (AvgIpc) is 3.20. The van der Waals surface area contributed by atoms with Crippen molar-refractivity contribution in [2.45, 2.75) is 29.7 Å². The summed E-state index contributed by atoms with van der Waals surface area (Å²) >= 11 is 6.08. The molecule has 176 valence electrons. The summed E-state index contributed by atoms with van der Waals surface area (Å²) in [5.41, 5.74) is 0.211. The van der Waals surface area contributed by atoms with Crippen LogP contribution in [0.25, 0.3) is 10.9 Å². The Kier molecular flexibility index (Phi) is 6.54. The molecule has 0 radical (unpaired) electrons. The minimum Gasteiger partial charge on any atom is -0.466 e. The largest absolute Gasteiger partial charge is 0.466 e. The smallest absolute Gasteiger partial charge is 0.309 e. The number of nitrogens with zero attached hydrogens (tertiary/aromatic N) is 2. The molecule has 2 aromatic carbocycles. The highest BCUT2D eigenvalue weighted by Gasteiger charge is 2.37. The average molecular weight is 511 g/mol.